The molecule has 2 rings (SSSR count). The predicted octanol–water partition coefficient (Wildman–Crippen LogP) is 2.23. The van der Waals surface area contributed by atoms with E-state index in [0.717, 1.165) is 12.1 Å². The molecule has 1 aromatic heterocycles. The standard InChI is InChI=1S/C19H22N2O4/c1-13-11-17(23)18(19(24)20-13)16(22)8-7-14-5-4-6-15(12-14)25-10-9-21(2)3/h4-8,11-12H,9-10H2,1-3H3,(H2,20,23,24)/b8-7+. The molecule has 0 bridgehead atoms. The van der Waals surface area contributed by atoms with Gasteiger partial charge in [-0.15, -0.1) is 0 Å². The minimum absolute atomic E-state index is 0.264. The van der Waals surface area contributed by atoms with Crippen LogP contribution < -0.4 is 10.3 Å². The number of nitrogens with zero attached hydrogens (tertiary/aromatic N) is 1. The Morgan fingerprint density at radius 2 is 2.08 bits per heavy atom. The minimum Gasteiger partial charge on any atom is -0.507 e. The monoisotopic (exact) mass is 342 g/mol. The van der Waals surface area contributed by atoms with Crippen molar-refractivity contribution in [3.63, 3.8) is 0 Å². The Hall–Kier alpha value is -2.86. The number of H-pyrrole nitrogens is 1. The lowest BCUT2D eigenvalue weighted by molar-refractivity contribution is 0.104. The smallest absolute Gasteiger partial charge is 0.263 e. The van der Waals surface area contributed by atoms with Gasteiger partial charge < -0.3 is 19.7 Å². The first-order valence-corrected chi connectivity index (χ1v) is 7.89. The zero-order valence-electron chi connectivity index (χ0n) is 14.6. The first kappa shape index (κ1) is 18.5. The van der Waals surface area contributed by atoms with Crippen molar-refractivity contribution in [3.05, 3.63) is 63.6 Å². The van der Waals surface area contributed by atoms with Gasteiger partial charge in [-0.1, -0.05) is 18.2 Å². The summed E-state index contributed by atoms with van der Waals surface area (Å²) in [5, 5.41) is 9.83. The summed E-state index contributed by atoms with van der Waals surface area (Å²) in [4.78, 5) is 28.6. The molecule has 0 saturated heterocycles. The Bertz CT molecular complexity index is 838. The van der Waals surface area contributed by atoms with E-state index in [1.54, 1.807) is 19.1 Å². The SMILES string of the molecule is Cc1cc(O)c(C(=O)/C=C/c2cccc(OCCN(C)C)c2)c(=O)[nH]1. The maximum Gasteiger partial charge on any atom is 0.263 e. The molecule has 0 aliphatic carbocycles. The van der Waals surface area contributed by atoms with Crippen LogP contribution in [0.2, 0.25) is 0 Å². The van der Waals surface area contributed by atoms with Gasteiger partial charge in [0.2, 0.25) is 0 Å². The fourth-order valence-electron chi connectivity index (χ4n) is 2.22. The molecule has 6 heteroatoms. The summed E-state index contributed by atoms with van der Waals surface area (Å²) in [5.74, 6) is -0.179. The molecule has 0 amide bonds. The molecule has 25 heavy (non-hydrogen) atoms. The molecule has 1 aromatic carbocycles. The molecule has 0 radical (unpaired) electrons. The van der Waals surface area contributed by atoms with Crippen LogP contribution in [0.5, 0.6) is 11.5 Å². The van der Waals surface area contributed by atoms with Gasteiger partial charge in [-0.05, 0) is 50.9 Å². The van der Waals surface area contributed by atoms with E-state index >= 15 is 0 Å². The topological polar surface area (TPSA) is 82.6 Å². The van der Waals surface area contributed by atoms with Gasteiger partial charge in [0.25, 0.3) is 5.56 Å². The van der Waals surface area contributed by atoms with Gasteiger partial charge in [-0.3, -0.25) is 9.59 Å². The summed E-state index contributed by atoms with van der Waals surface area (Å²) in [6, 6.07) is 8.64. The van der Waals surface area contributed by atoms with Crippen LogP contribution in [0.4, 0.5) is 0 Å². The molecule has 1 heterocycles. The fourth-order valence-corrected chi connectivity index (χ4v) is 2.22. The number of hydrogen-bond donors (Lipinski definition) is 2. The van der Waals surface area contributed by atoms with E-state index in [2.05, 4.69) is 4.98 Å². The van der Waals surface area contributed by atoms with Crippen LogP contribution in [0.1, 0.15) is 21.6 Å². The molecule has 2 aromatic rings. The number of ether oxygens (including phenoxy) is 1. The van der Waals surface area contributed by atoms with Crippen molar-refractivity contribution in [1.29, 1.82) is 0 Å². The second-order valence-corrected chi connectivity index (χ2v) is 5.96. The minimum atomic E-state index is -0.604. The van der Waals surface area contributed by atoms with Crippen LogP contribution in [-0.4, -0.2) is 48.0 Å². The van der Waals surface area contributed by atoms with Gasteiger partial charge in [0, 0.05) is 12.2 Å². The van der Waals surface area contributed by atoms with Gasteiger partial charge in [-0.2, -0.15) is 0 Å². The number of ketones is 1. The third-order valence-corrected chi connectivity index (χ3v) is 3.49. The third-order valence-electron chi connectivity index (χ3n) is 3.49. The van der Waals surface area contributed by atoms with Crippen molar-refractivity contribution in [2.45, 2.75) is 6.92 Å². The maximum atomic E-state index is 12.2. The number of likely N-dealkylation sites (N-methyl/N-ethyl adjacent to an activating group) is 1. The van der Waals surface area contributed by atoms with Crippen molar-refractivity contribution in [2.24, 2.45) is 0 Å². The number of aryl methyl sites for hydroxylation is 1. The average molecular weight is 342 g/mol. The molecule has 0 atom stereocenters. The first-order chi connectivity index (χ1) is 11.9. The van der Waals surface area contributed by atoms with E-state index in [0.29, 0.717) is 18.1 Å². The molecular weight excluding hydrogens is 320 g/mol. The molecule has 0 aliphatic rings. The number of rotatable bonds is 7. The zero-order valence-corrected chi connectivity index (χ0v) is 14.6. The van der Waals surface area contributed by atoms with Crippen LogP contribution in [0.3, 0.4) is 0 Å². The Labute approximate surface area is 146 Å². The van der Waals surface area contributed by atoms with Gasteiger partial charge in [0.15, 0.2) is 5.78 Å². The Morgan fingerprint density at radius 1 is 1.32 bits per heavy atom. The lowest BCUT2D eigenvalue weighted by atomic mass is 10.1. The molecule has 0 spiro atoms. The van der Waals surface area contributed by atoms with Crippen molar-refractivity contribution in [2.75, 3.05) is 27.2 Å². The van der Waals surface area contributed by atoms with E-state index in [1.165, 1.54) is 12.1 Å². The number of benzene rings is 1. The van der Waals surface area contributed by atoms with Crippen LogP contribution in [0.15, 0.2) is 41.2 Å². The van der Waals surface area contributed by atoms with E-state index in [4.69, 9.17) is 4.74 Å². The first-order valence-electron chi connectivity index (χ1n) is 7.89. The highest BCUT2D eigenvalue weighted by molar-refractivity contribution is 6.08. The lowest BCUT2D eigenvalue weighted by Gasteiger charge is -2.11. The van der Waals surface area contributed by atoms with Crippen molar-refractivity contribution in [1.82, 2.24) is 9.88 Å². The number of aromatic nitrogens is 1. The summed E-state index contributed by atoms with van der Waals surface area (Å²) in [6.45, 7) is 2.99. The number of aromatic amines is 1. The van der Waals surface area contributed by atoms with Crippen molar-refractivity contribution >= 4 is 11.9 Å². The molecule has 0 saturated carbocycles. The molecule has 0 unspecified atom stereocenters. The highest BCUT2D eigenvalue weighted by Gasteiger charge is 2.13. The fraction of sp³-hybridized carbons (Fsp3) is 0.263. The van der Waals surface area contributed by atoms with Crippen molar-refractivity contribution < 1.29 is 14.6 Å². The van der Waals surface area contributed by atoms with Crippen LogP contribution in [-0.2, 0) is 0 Å². The third kappa shape index (κ3) is 5.32. The van der Waals surface area contributed by atoms with Gasteiger partial charge in [-0.25, -0.2) is 0 Å². The van der Waals surface area contributed by atoms with Gasteiger partial charge in [0.05, 0.1) is 0 Å². The van der Waals surface area contributed by atoms with Crippen molar-refractivity contribution in [3.8, 4) is 11.5 Å². The summed E-state index contributed by atoms with van der Waals surface area (Å²) in [6.07, 6.45) is 2.85. The summed E-state index contributed by atoms with van der Waals surface area (Å²) < 4.78 is 5.64. The summed E-state index contributed by atoms with van der Waals surface area (Å²) in [7, 11) is 3.94. The number of pyridine rings is 1. The van der Waals surface area contributed by atoms with Gasteiger partial charge in [0.1, 0.15) is 23.7 Å². The maximum absolute atomic E-state index is 12.2. The largest absolute Gasteiger partial charge is 0.507 e. The number of allylic oxidation sites excluding steroid dienone is 1. The number of aromatic hydroxyl groups is 1. The summed E-state index contributed by atoms with van der Waals surface area (Å²) >= 11 is 0. The zero-order chi connectivity index (χ0) is 18.4. The predicted molar refractivity (Wildman–Crippen MR) is 97.3 cm³/mol. The van der Waals surface area contributed by atoms with E-state index in [-0.39, 0.29) is 11.3 Å². The Morgan fingerprint density at radius 3 is 2.76 bits per heavy atom. The Kier molecular flexibility index (Phi) is 6.14. The summed E-state index contributed by atoms with van der Waals surface area (Å²) in [5.41, 5.74) is 0.387. The van der Waals surface area contributed by atoms with Gasteiger partial charge >= 0.3 is 0 Å². The highest BCUT2D eigenvalue weighted by Crippen LogP contribution is 2.17. The van der Waals surface area contributed by atoms with E-state index < -0.39 is 11.3 Å². The molecule has 0 aliphatic heterocycles. The number of carbonyl (C=O) groups is 1. The normalized spacial score (nSPS) is 11.2. The molecule has 2 N–H and O–H groups in total. The molecule has 132 valence electrons. The van der Waals surface area contributed by atoms with E-state index in [1.807, 2.05) is 37.2 Å². The molecule has 0 fully saturated rings. The molecular formula is C19H22N2O4. The average Bonchev–Trinajstić information content (AvgIpc) is 2.52. The molecule has 6 nitrogen and oxygen atoms in total. The quantitative estimate of drug-likeness (QED) is 0.595. The van der Waals surface area contributed by atoms with Crippen LogP contribution in [0, 0.1) is 6.92 Å². The highest BCUT2D eigenvalue weighted by atomic mass is 16.5. The number of carbonyl (C=O) groups excluding carboxylic acids is 1. The lowest BCUT2D eigenvalue weighted by Crippen LogP contribution is -2.19. The second kappa shape index (κ2) is 8.30. The Balaban J connectivity index is 2.11. The van der Waals surface area contributed by atoms with Crippen LogP contribution in [0.25, 0.3) is 6.08 Å². The number of hydrogen-bond acceptors (Lipinski definition) is 5. The van der Waals surface area contributed by atoms with Crippen LogP contribution >= 0.6 is 0 Å². The van der Waals surface area contributed by atoms with E-state index in [9.17, 15) is 14.7 Å². The second-order valence-electron chi connectivity index (χ2n) is 5.96. The number of nitrogens with one attached hydrogen (secondary N) is 1.